The highest BCUT2D eigenvalue weighted by atomic mass is 16.5. The molecule has 0 aliphatic carbocycles. The van der Waals surface area contributed by atoms with Crippen LogP contribution < -0.4 is 22.1 Å². The van der Waals surface area contributed by atoms with Crippen LogP contribution in [-0.4, -0.2) is 47.9 Å². The third-order valence-electron chi connectivity index (χ3n) is 4.42. The van der Waals surface area contributed by atoms with Gasteiger partial charge in [0.05, 0.1) is 11.8 Å². The average molecular weight is 395 g/mol. The second kappa shape index (κ2) is 10.3. The molecule has 0 saturated carbocycles. The molecule has 1 aromatic carbocycles. The summed E-state index contributed by atoms with van der Waals surface area (Å²) in [5.41, 5.74) is 12.8. The molecule has 0 bridgehead atoms. The van der Waals surface area contributed by atoms with Crippen LogP contribution in [0.5, 0.6) is 0 Å². The highest BCUT2D eigenvalue weighted by Crippen LogP contribution is 2.24. The number of aliphatic imine (C=N–C) groups is 1. The first-order chi connectivity index (χ1) is 14.2. The van der Waals surface area contributed by atoms with Gasteiger partial charge < -0.3 is 26.8 Å². The molecule has 1 aliphatic heterocycles. The molecule has 2 unspecified atom stereocenters. The van der Waals surface area contributed by atoms with Crippen LogP contribution in [-0.2, 0) is 4.74 Å². The smallest absolute Gasteiger partial charge is 0.278 e. The van der Waals surface area contributed by atoms with Crippen molar-refractivity contribution < 1.29 is 9.53 Å². The van der Waals surface area contributed by atoms with E-state index in [2.05, 4.69) is 25.6 Å². The van der Waals surface area contributed by atoms with E-state index in [0.717, 1.165) is 18.5 Å². The maximum absolute atomic E-state index is 12.4. The van der Waals surface area contributed by atoms with Crippen molar-refractivity contribution in [1.29, 1.82) is 0 Å². The minimum atomic E-state index is -0.512. The Morgan fingerprint density at radius 1 is 1.31 bits per heavy atom. The molecule has 29 heavy (non-hydrogen) atoms. The minimum absolute atomic E-state index is 0.0242. The summed E-state index contributed by atoms with van der Waals surface area (Å²) in [6.45, 7) is 2.26. The fourth-order valence-electron chi connectivity index (χ4n) is 2.98. The quantitative estimate of drug-likeness (QED) is 0.530. The Labute approximate surface area is 169 Å². The average Bonchev–Trinajstić information content (AvgIpc) is 3.03. The first kappa shape index (κ1) is 20.4. The number of hydrogen-bond acceptors (Lipinski definition) is 8. The summed E-state index contributed by atoms with van der Waals surface area (Å²) in [4.78, 5) is 24.9. The molecule has 152 valence electrons. The highest BCUT2D eigenvalue weighted by molar-refractivity contribution is 6.00. The summed E-state index contributed by atoms with van der Waals surface area (Å²) in [5, 5.41) is 6.03. The number of anilines is 1. The Morgan fingerprint density at radius 3 is 2.86 bits per heavy atom. The van der Waals surface area contributed by atoms with Crippen molar-refractivity contribution in [3.05, 3.63) is 65.9 Å². The lowest BCUT2D eigenvalue weighted by Gasteiger charge is -2.23. The molecule has 2 heterocycles. The Hall–Kier alpha value is -3.30. The van der Waals surface area contributed by atoms with E-state index in [4.69, 9.17) is 16.2 Å². The van der Waals surface area contributed by atoms with Gasteiger partial charge in [0, 0.05) is 38.0 Å². The number of amides is 1. The largest absolute Gasteiger partial charge is 0.403 e. The molecule has 1 aliphatic rings. The zero-order valence-electron chi connectivity index (χ0n) is 16.0. The van der Waals surface area contributed by atoms with Gasteiger partial charge in [-0.1, -0.05) is 30.3 Å². The van der Waals surface area contributed by atoms with E-state index in [1.165, 1.54) is 24.8 Å². The van der Waals surface area contributed by atoms with E-state index in [9.17, 15) is 4.79 Å². The maximum Gasteiger partial charge on any atom is 0.278 e. The van der Waals surface area contributed by atoms with Crippen LogP contribution in [0.2, 0.25) is 0 Å². The molecular weight excluding hydrogens is 370 g/mol. The minimum Gasteiger partial charge on any atom is -0.403 e. The van der Waals surface area contributed by atoms with Gasteiger partial charge in [0.15, 0.2) is 11.5 Å². The molecule has 2 aromatic rings. The Morgan fingerprint density at radius 2 is 2.10 bits per heavy atom. The second-order valence-electron chi connectivity index (χ2n) is 6.47. The van der Waals surface area contributed by atoms with E-state index in [-0.39, 0.29) is 23.7 Å². The lowest BCUT2D eigenvalue weighted by Crippen LogP contribution is -2.31. The van der Waals surface area contributed by atoms with Crippen LogP contribution >= 0.6 is 0 Å². The van der Waals surface area contributed by atoms with E-state index in [1.54, 1.807) is 0 Å². The fraction of sp³-hybridized carbons (Fsp3) is 0.300. The van der Waals surface area contributed by atoms with Gasteiger partial charge in [-0.3, -0.25) is 9.79 Å². The predicted molar refractivity (Wildman–Crippen MR) is 111 cm³/mol. The summed E-state index contributed by atoms with van der Waals surface area (Å²) in [5.74, 6) is -0.471. The van der Waals surface area contributed by atoms with Crippen LogP contribution in [0.25, 0.3) is 0 Å². The topological polar surface area (TPSA) is 141 Å². The number of nitrogens with two attached hydrogens (primary N) is 2. The van der Waals surface area contributed by atoms with Crippen molar-refractivity contribution in [3.63, 3.8) is 0 Å². The molecular formula is C20H25N7O2. The lowest BCUT2D eigenvalue weighted by atomic mass is 10.0. The third-order valence-corrected chi connectivity index (χ3v) is 4.42. The van der Waals surface area contributed by atoms with Gasteiger partial charge in [0.2, 0.25) is 0 Å². The predicted octanol–water partition coefficient (Wildman–Crippen LogP) is 0.779. The molecule has 9 nitrogen and oxygen atoms in total. The Balaban J connectivity index is 1.78. The van der Waals surface area contributed by atoms with E-state index >= 15 is 0 Å². The molecule has 1 amide bonds. The number of nitrogen functional groups attached to an aromatic ring is 1. The molecule has 2 atom stereocenters. The van der Waals surface area contributed by atoms with E-state index in [1.807, 2.05) is 30.3 Å². The van der Waals surface area contributed by atoms with Gasteiger partial charge in [-0.05, 0) is 18.5 Å². The Kier molecular flexibility index (Phi) is 7.26. The van der Waals surface area contributed by atoms with Gasteiger partial charge >= 0.3 is 0 Å². The molecule has 1 aromatic heterocycles. The van der Waals surface area contributed by atoms with E-state index in [0.29, 0.717) is 18.8 Å². The second-order valence-corrected chi connectivity index (χ2v) is 6.47. The zero-order valence-corrected chi connectivity index (χ0v) is 16.0. The van der Waals surface area contributed by atoms with Gasteiger partial charge in [-0.25, -0.2) is 9.97 Å². The van der Waals surface area contributed by atoms with Crippen LogP contribution in [0.3, 0.4) is 0 Å². The number of allylic oxidation sites excluding steroid dienone is 1. The Bertz CT molecular complexity index is 862. The molecule has 0 radical (unpaired) electrons. The van der Waals surface area contributed by atoms with Crippen molar-refractivity contribution >= 4 is 17.9 Å². The summed E-state index contributed by atoms with van der Waals surface area (Å²) in [6, 6.07) is 9.62. The van der Waals surface area contributed by atoms with Gasteiger partial charge in [0.1, 0.15) is 6.04 Å². The number of benzene rings is 1. The summed E-state index contributed by atoms with van der Waals surface area (Å²) < 4.78 is 6.00. The maximum atomic E-state index is 12.4. The number of carbonyl (C=O) groups excluding carboxylic acids is 1. The molecule has 0 spiro atoms. The molecule has 3 rings (SSSR count). The summed E-state index contributed by atoms with van der Waals surface area (Å²) >= 11 is 0. The molecule has 6 N–H and O–H groups in total. The number of aromatic nitrogens is 2. The number of carbonyl (C=O) groups is 1. The first-order valence-electron chi connectivity index (χ1n) is 9.39. The van der Waals surface area contributed by atoms with E-state index < -0.39 is 5.91 Å². The summed E-state index contributed by atoms with van der Waals surface area (Å²) in [7, 11) is 0. The highest BCUT2D eigenvalue weighted by Gasteiger charge is 2.24. The van der Waals surface area contributed by atoms with Gasteiger partial charge in [-0.15, -0.1) is 0 Å². The van der Waals surface area contributed by atoms with Crippen molar-refractivity contribution in [2.45, 2.75) is 18.6 Å². The standard InChI is InChI=1S/C20H25N7O2/c21-11-15(27-20(28)18-19(22)25-9-8-24-18)12-26-17(14-5-2-1-3-6-14)16-13-23-7-4-10-29-16/h1-3,5-6,8-9,11-12,16-17,23H,4,7,10,13,21H2,(H2,22,25)(H,27,28). The van der Waals surface area contributed by atoms with Gasteiger partial charge in [0.25, 0.3) is 5.91 Å². The molecule has 9 heteroatoms. The van der Waals surface area contributed by atoms with Crippen LogP contribution in [0, 0.1) is 0 Å². The van der Waals surface area contributed by atoms with Crippen molar-refractivity contribution in [2.24, 2.45) is 10.7 Å². The zero-order chi connectivity index (χ0) is 20.5. The van der Waals surface area contributed by atoms with Crippen molar-refractivity contribution in [2.75, 3.05) is 25.4 Å². The molecule has 1 fully saturated rings. The summed E-state index contributed by atoms with van der Waals surface area (Å²) in [6.07, 6.45) is 6.41. The van der Waals surface area contributed by atoms with Crippen molar-refractivity contribution in [3.8, 4) is 0 Å². The number of nitrogens with zero attached hydrogens (tertiary/aromatic N) is 3. The normalized spacial score (nSPS) is 18.9. The lowest BCUT2D eigenvalue weighted by molar-refractivity contribution is 0.0493. The van der Waals surface area contributed by atoms with Crippen LogP contribution in [0.15, 0.2) is 59.6 Å². The number of nitrogens with one attached hydrogen (secondary N) is 2. The first-order valence-corrected chi connectivity index (χ1v) is 9.39. The number of hydrogen-bond donors (Lipinski definition) is 4. The molecule has 1 saturated heterocycles. The van der Waals surface area contributed by atoms with Crippen molar-refractivity contribution in [1.82, 2.24) is 20.6 Å². The monoisotopic (exact) mass is 395 g/mol. The van der Waals surface area contributed by atoms with Crippen LogP contribution in [0.4, 0.5) is 5.82 Å². The van der Waals surface area contributed by atoms with Crippen LogP contribution in [0.1, 0.15) is 28.5 Å². The fourth-order valence-corrected chi connectivity index (χ4v) is 2.98. The number of ether oxygens (including phenoxy) is 1. The third kappa shape index (κ3) is 5.59. The number of rotatable bonds is 6. The van der Waals surface area contributed by atoms with Gasteiger partial charge in [-0.2, -0.15) is 0 Å². The SMILES string of the molecule is NC=C(C=NC(c1ccccc1)C1CNCCCO1)NC(=O)c1nccnc1N.